The predicted molar refractivity (Wildman–Crippen MR) is 119 cm³/mol. The Hall–Kier alpha value is -4.06. The number of para-hydroxylation sites is 1. The molecule has 4 aromatic rings. The van der Waals surface area contributed by atoms with E-state index in [9.17, 15) is 9.59 Å². The lowest BCUT2D eigenvalue weighted by Crippen LogP contribution is -2.37. The highest BCUT2D eigenvalue weighted by Crippen LogP contribution is 2.45. The second-order valence-corrected chi connectivity index (χ2v) is 7.58. The molecule has 1 aromatic heterocycles. The molecule has 3 N–H and O–H groups in total. The number of aromatic nitrogens is 1. The predicted octanol–water partition coefficient (Wildman–Crippen LogP) is 3.87. The standard InChI is InChI=1S/C25H21N3O3/c1-31-16-8-6-7-15(13-16)23-22(19-11-4-5-12-20(19)27-23)24-17-9-2-3-10-18(17)25(30)28(24)14-21(26)29/h2-13,24,27H,14H2,1H3,(H2,26,29)/t24-/m0/s1. The Bertz CT molecular complexity index is 1320. The fourth-order valence-electron chi connectivity index (χ4n) is 4.47. The van der Waals surface area contributed by atoms with E-state index in [0.29, 0.717) is 5.56 Å². The quantitative estimate of drug-likeness (QED) is 0.522. The maximum Gasteiger partial charge on any atom is 0.255 e. The van der Waals surface area contributed by atoms with E-state index in [4.69, 9.17) is 10.5 Å². The highest BCUT2D eigenvalue weighted by atomic mass is 16.5. The molecule has 154 valence electrons. The lowest BCUT2D eigenvalue weighted by Gasteiger charge is -2.25. The van der Waals surface area contributed by atoms with E-state index in [-0.39, 0.29) is 12.5 Å². The van der Waals surface area contributed by atoms with Crippen molar-refractivity contribution in [3.8, 4) is 17.0 Å². The van der Waals surface area contributed by atoms with Gasteiger partial charge in [-0.2, -0.15) is 0 Å². The van der Waals surface area contributed by atoms with Gasteiger partial charge in [0.1, 0.15) is 12.3 Å². The Balaban J connectivity index is 1.80. The minimum atomic E-state index is -0.547. The molecule has 0 saturated carbocycles. The SMILES string of the molecule is COc1cccc(-c2[nH]c3ccccc3c2[C@@H]2c3ccccc3C(=O)N2CC(N)=O)c1. The minimum absolute atomic E-state index is 0.158. The molecule has 0 unspecified atom stereocenters. The van der Waals surface area contributed by atoms with Gasteiger partial charge in [0.15, 0.2) is 0 Å². The summed E-state index contributed by atoms with van der Waals surface area (Å²) in [6, 6.07) is 22.8. The lowest BCUT2D eigenvalue weighted by atomic mass is 9.93. The number of nitrogens with one attached hydrogen (secondary N) is 1. The van der Waals surface area contributed by atoms with Crippen molar-refractivity contribution in [1.82, 2.24) is 9.88 Å². The third-order valence-corrected chi connectivity index (χ3v) is 5.76. The number of nitrogens with two attached hydrogens (primary N) is 1. The van der Waals surface area contributed by atoms with Crippen LogP contribution in [0.15, 0.2) is 72.8 Å². The summed E-state index contributed by atoms with van der Waals surface area (Å²) < 4.78 is 5.42. The van der Waals surface area contributed by atoms with Crippen molar-refractivity contribution in [2.24, 2.45) is 5.73 Å². The summed E-state index contributed by atoms with van der Waals surface area (Å²) in [6.45, 7) is -0.158. The average Bonchev–Trinajstić information content (AvgIpc) is 3.29. The first-order valence-electron chi connectivity index (χ1n) is 10.0. The molecule has 0 spiro atoms. The fourth-order valence-corrected chi connectivity index (χ4v) is 4.47. The zero-order chi connectivity index (χ0) is 21.5. The number of primary amides is 1. The van der Waals surface area contributed by atoms with Crippen LogP contribution in [0.3, 0.4) is 0 Å². The number of nitrogens with zero attached hydrogens (tertiary/aromatic N) is 1. The Morgan fingerprint density at radius 1 is 1.06 bits per heavy atom. The number of amides is 2. The van der Waals surface area contributed by atoms with Crippen molar-refractivity contribution in [2.45, 2.75) is 6.04 Å². The van der Waals surface area contributed by atoms with Gasteiger partial charge in [-0.05, 0) is 29.8 Å². The van der Waals surface area contributed by atoms with Gasteiger partial charge >= 0.3 is 0 Å². The van der Waals surface area contributed by atoms with Gasteiger partial charge in [0.25, 0.3) is 5.91 Å². The number of carbonyl (C=O) groups excluding carboxylic acids is 2. The summed E-state index contributed by atoms with van der Waals surface area (Å²) in [7, 11) is 1.63. The lowest BCUT2D eigenvalue weighted by molar-refractivity contribution is -0.118. The molecule has 6 nitrogen and oxygen atoms in total. The highest BCUT2D eigenvalue weighted by molar-refractivity contribution is 6.03. The van der Waals surface area contributed by atoms with Gasteiger partial charge in [-0.3, -0.25) is 9.59 Å². The molecule has 5 rings (SSSR count). The molecule has 2 amide bonds. The molecule has 6 heteroatoms. The Kier molecular flexibility index (Phi) is 4.47. The van der Waals surface area contributed by atoms with E-state index in [1.807, 2.05) is 66.7 Å². The van der Waals surface area contributed by atoms with Gasteiger partial charge in [0.2, 0.25) is 5.91 Å². The molecular weight excluding hydrogens is 390 g/mol. The van der Waals surface area contributed by atoms with Crippen LogP contribution >= 0.6 is 0 Å². The van der Waals surface area contributed by atoms with Crippen molar-refractivity contribution in [1.29, 1.82) is 0 Å². The molecule has 1 aliphatic rings. The molecule has 1 atom stereocenters. The first-order valence-corrected chi connectivity index (χ1v) is 10.0. The molecule has 0 saturated heterocycles. The summed E-state index contributed by atoms with van der Waals surface area (Å²) in [5.74, 6) is -0.00537. The van der Waals surface area contributed by atoms with Crippen LogP contribution < -0.4 is 10.5 Å². The molecule has 0 radical (unpaired) electrons. The summed E-state index contributed by atoms with van der Waals surface area (Å²) in [5, 5.41) is 0.990. The first kappa shape index (κ1) is 18.9. The zero-order valence-corrected chi connectivity index (χ0v) is 17.0. The topological polar surface area (TPSA) is 88.4 Å². The Morgan fingerprint density at radius 3 is 2.65 bits per heavy atom. The van der Waals surface area contributed by atoms with Crippen LogP contribution in [0.4, 0.5) is 0 Å². The van der Waals surface area contributed by atoms with Crippen LogP contribution in [-0.4, -0.2) is 35.4 Å². The number of benzene rings is 3. The van der Waals surface area contributed by atoms with Gasteiger partial charge in [0.05, 0.1) is 18.8 Å². The van der Waals surface area contributed by atoms with Gasteiger partial charge in [0, 0.05) is 27.6 Å². The molecular formula is C25H21N3O3. The zero-order valence-electron chi connectivity index (χ0n) is 17.0. The number of fused-ring (bicyclic) bond motifs is 2. The monoisotopic (exact) mass is 411 g/mol. The number of hydrogen-bond donors (Lipinski definition) is 2. The van der Waals surface area contributed by atoms with Crippen molar-refractivity contribution in [3.05, 3.63) is 89.5 Å². The summed E-state index contributed by atoms with van der Waals surface area (Å²) >= 11 is 0. The van der Waals surface area contributed by atoms with Gasteiger partial charge < -0.3 is 20.4 Å². The van der Waals surface area contributed by atoms with Crippen molar-refractivity contribution >= 4 is 22.7 Å². The van der Waals surface area contributed by atoms with Gasteiger partial charge in [-0.25, -0.2) is 0 Å². The molecule has 0 aliphatic carbocycles. The number of methoxy groups -OCH3 is 1. The number of hydrogen-bond acceptors (Lipinski definition) is 3. The summed E-state index contributed by atoms with van der Waals surface area (Å²) in [6.07, 6.45) is 0. The van der Waals surface area contributed by atoms with Crippen molar-refractivity contribution in [2.75, 3.05) is 13.7 Å². The molecule has 3 aromatic carbocycles. The molecule has 0 bridgehead atoms. The molecule has 31 heavy (non-hydrogen) atoms. The van der Waals surface area contributed by atoms with E-state index in [0.717, 1.165) is 39.0 Å². The normalized spacial score (nSPS) is 15.3. The van der Waals surface area contributed by atoms with Crippen LogP contribution in [0.1, 0.15) is 27.5 Å². The van der Waals surface area contributed by atoms with E-state index >= 15 is 0 Å². The summed E-state index contributed by atoms with van der Waals surface area (Å²) in [4.78, 5) is 30.2. The fraction of sp³-hybridized carbons (Fsp3) is 0.120. The van der Waals surface area contributed by atoms with Crippen LogP contribution in [0.5, 0.6) is 5.75 Å². The Morgan fingerprint density at radius 2 is 1.84 bits per heavy atom. The van der Waals surface area contributed by atoms with Crippen LogP contribution in [0.25, 0.3) is 22.2 Å². The Labute approximate surface area is 179 Å². The van der Waals surface area contributed by atoms with E-state index < -0.39 is 11.9 Å². The van der Waals surface area contributed by atoms with Crippen LogP contribution in [-0.2, 0) is 4.79 Å². The third kappa shape index (κ3) is 3.04. The van der Waals surface area contributed by atoms with E-state index in [1.165, 1.54) is 0 Å². The van der Waals surface area contributed by atoms with E-state index in [2.05, 4.69) is 4.98 Å². The number of H-pyrrole nitrogens is 1. The molecule has 0 fully saturated rings. The number of aromatic amines is 1. The number of ether oxygens (including phenoxy) is 1. The van der Waals surface area contributed by atoms with Gasteiger partial charge in [-0.15, -0.1) is 0 Å². The van der Waals surface area contributed by atoms with Gasteiger partial charge in [-0.1, -0.05) is 48.5 Å². The van der Waals surface area contributed by atoms with E-state index in [1.54, 1.807) is 18.1 Å². The highest BCUT2D eigenvalue weighted by Gasteiger charge is 2.40. The largest absolute Gasteiger partial charge is 0.497 e. The molecule has 2 heterocycles. The number of rotatable bonds is 5. The number of carbonyl (C=O) groups is 2. The van der Waals surface area contributed by atoms with Crippen molar-refractivity contribution < 1.29 is 14.3 Å². The molecule has 1 aliphatic heterocycles. The maximum absolute atomic E-state index is 13.2. The smallest absolute Gasteiger partial charge is 0.255 e. The average molecular weight is 411 g/mol. The van der Waals surface area contributed by atoms with Crippen LogP contribution in [0, 0.1) is 0 Å². The summed E-state index contributed by atoms with van der Waals surface area (Å²) in [5.41, 5.74) is 10.7. The van der Waals surface area contributed by atoms with Crippen LogP contribution in [0.2, 0.25) is 0 Å². The third-order valence-electron chi connectivity index (χ3n) is 5.76. The maximum atomic E-state index is 13.2. The first-order chi connectivity index (χ1) is 15.1. The second-order valence-electron chi connectivity index (χ2n) is 7.58. The van der Waals surface area contributed by atoms with Crippen molar-refractivity contribution in [3.63, 3.8) is 0 Å². The second kappa shape index (κ2) is 7.32. The minimum Gasteiger partial charge on any atom is -0.497 e.